The molecule has 0 aliphatic heterocycles. The first-order valence-corrected chi connectivity index (χ1v) is 11.1. The fraction of sp³-hybridized carbons (Fsp3) is 0.400. The summed E-state index contributed by atoms with van der Waals surface area (Å²) in [6, 6.07) is 14.6. The lowest BCUT2D eigenvalue weighted by Gasteiger charge is -2.23. The maximum Gasteiger partial charge on any atom is 0.416 e. The summed E-state index contributed by atoms with van der Waals surface area (Å²) < 4.78 is 43.6. The van der Waals surface area contributed by atoms with Crippen LogP contribution in [0.1, 0.15) is 43.7 Å². The molecule has 3 rings (SSSR count). The van der Waals surface area contributed by atoms with Gasteiger partial charge >= 0.3 is 6.18 Å². The summed E-state index contributed by atoms with van der Waals surface area (Å²) in [6.07, 6.45) is -2.43. The van der Waals surface area contributed by atoms with E-state index in [0.717, 1.165) is 30.5 Å². The van der Waals surface area contributed by atoms with Crippen molar-refractivity contribution in [2.24, 2.45) is 5.92 Å². The molecule has 0 spiro atoms. The second kappa shape index (κ2) is 11.2. The summed E-state index contributed by atoms with van der Waals surface area (Å²) >= 11 is 0. The minimum absolute atomic E-state index is 0.0917. The van der Waals surface area contributed by atoms with Gasteiger partial charge in [0.25, 0.3) is 0 Å². The summed E-state index contributed by atoms with van der Waals surface area (Å²) in [5, 5.41) is 3.90. The van der Waals surface area contributed by atoms with Gasteiger partial charge in [0.15, 0.2) is 0 Å². The second-order valence-electron chi connectivity index (χ2n) is 7.97. The molecular weight excluding hydrogens is 431 g/mol. The van der Waals surface area contributed by atoms with Crippen LogP contribution in [0.3, 0.4) is 0 Å². The van der Waals surface area contributed by atoms with Crippen molar-refractivity contribution in [1.82, 2.24) is 15.0 Å². The molecule has 0 amide bonds. The predicted molar refractivity (Wildman–Crippen MR) is 119 cm³/mol. The summed E-state index contributed by atoms with van der Waals surface area (Å²) in [5.74, 6) is 0.737. The molecule has 3 aromatic rings. The van der Waals surface area contributed by atoms with Gasteiger partial charge in [0.2, 0.25) is 11.7 Å². The molecule has 1 atom stereocenters. The third-order valence-corrected chi connectivity index (χ3v) is 5.67. The first-order valence-electron chi connectivity index (χ1n) is 11.1. The monoisotopic (exact) mass is 459 g/mol. The Kier molecular flexibility index (Phi) is 8.38. The van der Waals surface area contributed by atoms with Crippen molar-refractivity contribution >= 4 is 5.78 Å². The first-order chi connectivity index (χ1) is 15.8. The molecule has 0 saturated heterocycles. The van der Waals surface area contributed by atoms with Gasteiger partial charge in [-0.1, -0.05) is 61.5 Å². The average Bonchev–Trinajstić information content (AvgIpc) is 3.29. The zero-order valence-corrected chi connectivity index (χ0v) is 18.8. The average molecular weight is 460 g/mol. The van der Waals surface area contributed by atoms with Gasteiger partial charge in [0.1, 0.15) is 5.78 Å². The molecule has 0 N–H and O–H groups in total. The van der Waals surface area contributed by atoms with Gasteiger partial charge in [-0.05, 0) is 37.1 Å². The number of carbonyl (C=O) groups excluding carboxylic acids is 1. The highest BCUT2D eigenvalue weighted by molar-refractivity contribution is 5.81. The first kappa shape index (κ1) is 24.6. The smallest absolute Gasteiger partial charge is 0.338 e. The maximum absolute atomic E-state index is 12.8. The van der Waals surface area contributed by atoms with Crippen molar-refractivity contribution in [2.75, 3.05) is 13.1 Å². The van der Waals surface area contributed by atoms with Crippen LogP contribution in [0.2, 0.25) is 0 Å². The number of aryl methyl sites for hydroxylation is 1. The van der Waals surface area contributed by atoms with Crippen LogP contribution >= 0.6 is 0 Å². The molecule has 0 fully saturated rings. The molecule has 33 heavy (non-hydrogen) atoms. The molecule has 5 nitrogen and oxygen atoms in total. The van der Waals surface area contributed by atoms with E-state index in [2.05, 4.69) is 15.0 Å². The van der Waals surface area contributed by atoms with Crippen LogP contribution in [0.5, 0.6) is 0 Å². The molecule has 176 valence electrons. The van der Waals surface area contributed by atoms with Crippen LogP contribution in [-0.4, -0.2) is 33.9 Å². The zero-order chi connectivity index (χ0) is 23.8. The molecule has 0 aliphatic rings. The Morgan fingerprint density at radius 1 is 1.06 bits per heavy atom. The van der Waals surface area contributed by atoms with E-state index in [-0.39, 0.29) is 17.5 Å². The topological polar surface area (TPSA) is 59.2 Å². The maximum atomic E-state index is 12.8. The SMILES string of the molecule is CCC(CN(CC)Cc1nc(-c2ccc(C(F)(F)F)cc2)no1)C(=O)CCc1ccccc1. The summed E-state index contributed by atoms with van der Waals surface area (Å²) in [6.45, 7) is 5.65. The summed E-state index contributed by atoms with van der Waals surface area (Å²) in [5.41, 5.74) is 0.868. The molecule has 0 saturated carbocycles. The minimum atomic E-state index is -4.39. The Balaban J connectivity index is 1.58. The lowest BCUT2D eigenvalue weighted by Crippen LogP contribution is -2.33. The predicted octanol–water partition coefficient (Wildman–Crippen LogP) is 5.81. The van der Waals surface area contributed by atoms with Gasteiger partial charge in [-0.2, -0.15) is 18.2 Å². The molecule has 0 radical (unpaired) electrons. The Morgan fingerprint density at radius 3 is 2.36 bits per heavy atom. The molecule has 0 aliphatic carbocycles. The van der Waals surface area contributed by atoms with E-state index < -0.39 is 11.7 Å². The number of benzene rings is 2. The minimum Gasteiger partial charge on any atom is -0.338 e. The summed E-state index contributed by atoms with van der Waals surface area (Å²) in [7, 11) is 0. The van der Waals surface area contributed by atoms with Gasteiger partial charge in [-0.25, -0.2) is 0 Å². The Hall–Kier alpha value is -3.00. The number of rotatable bonds is 11. The Bertz CT molecular complexity index is 1020. The van der Waals surface area contributed by atoms with Gasteiger partial charge < -0.3 is 4.52 Å². The molecule has 1 heterocycles. The van der Waals surface area contributed by atoms with Crippen LogP contribution in [0.15, 0.2) is 59.1 Å². The Labute approximate surface area is 191 Å². The van der Waals surface area contributed by atoms with Crippen molar-refractivity contribution in [3.63, 3.8) is 0 Å². The van der Waals surface area contributed by atoms with Crippen LogP contribution in [0.4, 0.5) is 13.2 Å². The number of carbonyl (C=O) groups is 1. The number of aromatic nitrogens is 2. The number of Topliss-reactive ketones (excluding diaryl/α,β-unsaturated/α-hetero) is 1. The van der Waals surface area contributed by atoms with Crippen molar-refractivity contribution in [3.05, 3.63) is 71.6 Å². The number of ketones is 1. The second-order valence-corrected chi connectivity index (χ2v) is 7.97. The third-order valence-electron chi connectivity index (χ3n) is 5.67. The standard InChI is InChI=1S/C25H28F3N3O2/c1-3-19(22(32)15-10-18-8-6-5-7-9-18)16-31(4-2)17-23-29-24(30-33-23)20-11-13-21(14-12-20)25(26,27)28/h5-9,11-14,19H,3-4,10,15-17H2,1-2H3. The molecule has 1 aromatic heterocycles. The van der Waals surface area contributed by atoms with E-state index in [1.165, 1.54) is 12.1 Å². The van der Waals surface area contributed by atoms with Crippen molar-refractivity contribution in [3.8, 4) is 11.4 Å². The van der Waals surface area contributed by atoms with E-state index in [0.29, 0.717) is 37.5 Å². The molecular formula is C25H28F3N3O2. The van der Waals surface area contributed by atoms with E-state index >= 15 is 0 Å². The largest absolute Gasteiger partial charge is 0.416 e. The molecule has 2 aromatic carbocycles. The highest BCUT2D eigenvalue weighted by atomic mass is 19.4. The highest BCUT2D eigenvalue weighted by Crippen LogP contribution is 2.30. The normalized spacial score (nSPS) is 12.8. The zero-order valence-electron chi connectivity index (χ0n) is 18.8. The molecule has 8 heteroatoms. The quantitative estimate of drug-likeness (QED) is 0.362. The highest BCUT2D eigenvalue weighted by Gasteiger charge is 2.30. The van der Waals surface area contributed by atoms with Crippen molar-refractivity contribution in [1.29, 1.82) is 0 Å². The van der Waals surface area contributed by atoms with E-state index in [4.69, 9.17) is 4.52 Å². The number of halogens is 3. The van der Waals surface area contributed by atoms with Gasteiger partial charge in [0.05, 0.1) is 12.1 Å². The third kappa shape index (κ3) is 6.99. The van der Waals surface area contributed by atoms with Crippen LogP contribution in [0, 0.1) is 5.92 Å². The van der Waals surface area contributed by atoms with Crippen molar-refractivity contribution < 1.29 is 22.5 Å². The van der Waals surface area contributed by atoms with E-state index in [9.17, 15) is 18.0 Å². The lowest BCUT2D eigenvalue weighted by molar-refractivity contribution is -0.137. The number of nitrogens with zero attached hydrogens (tertiary/aromatic N) is 3. The van der Waals surface area contributed by atoms with E-state index in [1.54, 1.807) is 0 Å². The lowest BCUT2D eigenvalue weighted by atomic mass is 9.95. The molecule has 0 bridgehead atoms. The Morgan fingerprint density at radius 2 is 1.76 bits per heavy atom. The number of hydrogen-bond acceptors (Lipinski definition) is 5. The van der Waals surface area contributed by atoms with Gasteiger partial charge in [-0.15, -0.1) is 0 Å². The molecule has 1 unspecified atom stereocenters. The summed E-state index contributed by atoms with van der Waals surface area (Å²) in [4.78, 5) is 19.2. The van der Waals surface area contributed by atoms with Crippen LogP contribution in [0.25, 0.3) is 11.4 Å². The van der Waals surface area contributed by atoms with Gasteiger partial charge in [0, 0.05) is 24.4 Å². The fourth-order valence-electron chi connectivity index (χ4n) is 3.63. The van der Waals surface area contributed by atoms with Crippen LogP contribution < -0.4 is 0 Å². The number of hydrogen-bond donors (Lipinski definition) is 0. The fourth-order valence-corrected chi connectivity index (χ4v) is 3.63. The van der Waals surface area contributed by atoms with Gasteiger partial charge in [-0.3, -0.25) is 9.69 Å². The van der Waals surface area contributed by atoms with E-state index in [1.807, 2.05) is 44.2 Å². The van der Waals surface area contributed by atoms with Crippen molar-refractivity contribution in [2.45, 2.75) is 45.8 Å². The van der Waals surface area contributed by atoms with Crippen LogP contribution in [-0.2, 0) is 23.9 Å². The number of alkyl halides is 3.